The zero-order chi connectivity index (χ0) is 15.5. The van der Waals surface area contributed by atoms with Gasteiger partial charge in [-0.15, -0.1) is 0 Å². The second-order valence-electron chi connectivity index (χ2n) is 4.19. The van der Waals surface area contributed by atoms with Gasteiger partial charge < -0.3 is 15.5 Å². The molecule has 1 aromatic rings. The Morgan fingerprint density at radius 3 is 2.45 bits per heavy atom. The Bertz CT molecular complexity index is 490. The monoisotopic (exact) mass is 295 g/mol. The summed E-state index contributed by atoms with van der Waals surface area (Å²) in [4.78, 5) is 10.6. The Morgan fingerprint density at radius 2 is 1.95 bits per heavy atom. The summed E-state index contributed by atoms with van der Waals surface area (Å²) < 4.78 is 50.6. The Kier molecular flexibility index (Phi) is 5.07. The van der Waals surface area contributed by atoms with Crippen LogP contribution in [-0.4, -0.2) is 28.8 Å². The van der Waals surface area contributed by atoms with Gasteiger partial charge in [-0.25, -0.2) is 4.39 Å². The summed E-state index contributed by atoms with van der Waals surface area (Å²) in [5.74, 6) is -1.93. The molecule has 2 atom stereocenters. The zero-order valence-corrected chi connectivity index (χ0v) is 10.4. The topological polar surface area (TPSA) is 69.6 Å². The van der Waals surface area contributed by atoms with Gasteiger partial charge in [0.2, 0.25) is 5.91 Å². The van der Waals surface area contributed by atoms with E-state index in [1.807, 2.05) is 0 Å². The lowest BCUT2D eigenvalue weighted by molar-refractivity contribution is -0.140. The van der Waals surface area contributed by atoms with Crippen molar-refractivity contribution in [1.29, 1.82) is 0 Å². The van der Waals surface area contributed by atoms with Crippen LogP contribution in [0.2, 0.25) is 0 Å². The number of alkyl halides is 3. The van der Waals surface area contributed by atoms with Crippen molar-refractivity contribution in [2.75, 3.05) is 6.54 Å². The van der Waals surface area contributed by atoms with E-state index in [1.54, 1.807) is 0 Å². The van der Waals surface area contributed by atoms with E-state index < -0.39 is 35.7 Å². The van der Waals surface area contributed by atoms with E-state index in [2.05, 4.69) is 5.32 Å². The minimum absolute atomic E-state index is 0.295. The molecule has 0 heterocycles. The molecule has 0 spiro atoms. The van der Waals surface area contributed by atoms with Crippen LogP contribution in [0.1, 0.15) is 24.2 Å². The van der Waals surface area contributed by atoms with Crippen LogP contribution in [0.5, 0.6) is 0 Å². The summed E-state index contributed by atoms with van der Waals surface area (Å²) in [6.45, 7) is 0.841. The van der Waals surface area contributed by atoms with Crippen LogP contribution in [0.15, 0.2) is 18.2 Å². The van der Waals surface area contributed by atoms with Crippen molar-refractivity contribution >= 4 is 5.91 Å². The number of aliphatic hydroxyl groups is 2. The molecule has 1 aromatic carbocycles. The summed E-state index contributed by atoms with van der Waals surface area (Å²) in [5.41, 5.74) is -1.82. The predicted molar refractivity (Wildman–Crippen MR) is 61.1 cm³/mol. The minimum Gasteiger partial charge on any atom is -0.388 e. The number of aliphatic hydroxyl groups excluding tert-OH is 2. The fourth-order valence-corrected chi connectivity index (χ4v) is 1.53. The molecule has 1 rings (SSSR count). The molecule has 0 aliphatic rings. The number of nitrogens with one attached hydrogen (secondary N) is 1. The molecule has 1 amide bonds. The van der Waals surface area contributed by atoms with Crippen LogP contribution in [0.3, 0.4) is 0 Å². The summed E-state index contributed by atoms with van der Waals surface area (Å²) in [5, 5.41) is 21.4. The maximum Gasteiger partial charge on any atom is 0.419 e. The largest absolute Gasteiger partial charge is 0.419 e. The fourth-order valence-electron chi connectivity index (χ4n) is 1.53. The lowest BCUT2D eigenvalue weighted by atomic mass is 10.0. The number of benzene rings is 1. The lowest BCUT2D eigenvalue weighted by Gasteiger charge is -2.19. The summed E-state index contributed by atoms with van der Waals surface area (Å²) in [6, 6.07) is 1.93. The third-order valence-corrected chi connectivity index (χ3v) is 2.56. The van der Waals surface area contributed by atoms with Crippen LogP contribution in [-0.2, 0) is 11.0 Å². The standard InChI is InChI=1S/C12H13F4NO3/c1-6(18)17-5-10(19)11(20)7-2-3-9(13)8(4-7)12(14,15)16/h2-4,10-11,19-20H,5H2,1H3,(H,17,18). The first-order chi connectivity index (χ1) is 9.12. The highest BCUT2D eigenvalue weighted by Crippen LogP contribution is 2.33. The van der Waals surface area contributed by atoms with Crippen LogP contribution in [0, 0.1) is 5.82 Å². The normalized spacial score (nSPS) is 14.8. The average molecular weight is 295 g/mol. The molecule has 0 aliphatic carbocycles. The van der Waals surface area contributed by atoms with Gasteiger partial charge in [0.25, 0.3) is 0 Å². The Hall–Kier alpha value is -1.67. The van der Waals surface area contributed by atoms with Gasteiger partial charge in [-0.3, -0.25) is 4.79 Å². The van der Waals surface area contributed by atoms with Crippen molar-refractivity contribution in [1.82, 2.24) is 5.32 Å². The maximum atomic E-state index is 13.1. The SMILES string of the molecule is CC(=O)NCC(O)C(O)c1ccc(F)c(C(F)(F)F)c1. The van der Waals surface area contributed by atoms with E-state index in [1.165, 1.54) is 6.92 Å². The van der Waals surface area contributed by atoms with E-state index in [9.17, 15) is 32.6 Å². The molecular weight excluding hydrogens is 282 g/mol. The van der Waals surface area contributed by atoms with Crippen LogP contribution >= 0.6 is 0 Å². The number of carbonyl (C=O) groups is 1. The average Bonchev–Trinajstić information content (AvgIpc) is 2.34. The molecule has 4 nitrogen and oxygen atoms in total. The predicted octanol–water partition coefficient (Wildman–Crippen LogP) is 1.37. The first-order valence-corrected chi connectivity index (χ1v) is 5.60. The molecule has 2 unspecified atom stereocenters. The van der Waals surface area contributed by atoms with Crippen LogP contribution in [0.4, 0.5) is 17.6 Å². The quantitative estimate of drug-likeness (QED) is 0.735. The van der Waals surface area contributed by atoms with Gasteiger partial charge in [0.15, 0.2) is 0 Å². The Morgan fingerprint density at radius 1 is 1.35 bits per heavy atom. The second kappa shape index (κ2) is 6.19. The first-order valence-electron chi connectivity index (χ1n) is 5.60. The van der Waals surface area contributed by atoms with Crippen molar-refractivity contribution in [3.63, 3.8) is 0 Å². The molecule has 20 heavy (non-hydrogen) atoms. The number of hydrogen-bond acceptors (Lipinski definition) is 3. The van der Waals surface area contributed by atoms with Crippen molar-refractivity contribution < 1.29 is 32.6 Å². The zero-order valence-electron chi connectivity index (χ0n) is 10.4. The van der Waals surface area contributed by atoms with Gasteiger partial charge in [0.05, 0.1) is 5.56 Å². The lowest BCUT2D eigenvalue weighted by Crippen LogP contribution is -2.34. The summed E-state index contributed by atoms with van der Waals surface area (Å²) in [7, 11) is 0. The summed E-state index contributed by atoms with van der Waals surface area (Å²) in [6.07, 6.45) is -8.09. The molecule has 0 bridgehead atoms. The van der Waals surface area contributed by atoms with E-state index in [0.717, 1.165) is 6.07 Å². The van der Waals surface area contributed by atoms with Crippen LogP contribution < -0.4 is 5.32 Å². The molecule has 0 saturated carbocycles. The van der Waals surface area contributed by atoms with Crippen molar-refractivity contribution in [2.24, 2.45) is 0 Å². The molecule has 112 valence electrons. The van der Waals surface area contributed by atoms with Gasteiger partial charge >= 0.3 is 6.18 Å². The van der Waals surface area contributed by atoms with Gasteiger partial charge in [-0.05, 0) is 17.7 Å². The summed E-state index contributed by atoms with van der Waals surface area (Å²) >= 11 is 0. The number of carbonyl (C=O) groups excluding carboxylic acids is 1. The Labute approximate surface area is 112 Å². The smallest absolute Gasteiger partial charge is 0.388 e. The van der Waals surface area contributed by atoms with E-state index in [-0.39, 0.29) is 12.1 Å². The van der Waals surface area contributed by atoms with Crippen LogP contribution in [0.25, 0.3) is 0 Å². The Balaban J connectivity index is 2.94. The third kappa shape index (κ3) is 4.17. The molecule has 8 heteroatoms. The third-order valence-electron chi connectivity index (χ3n) is 2.56. The molecular formula is C12H13F4NO3. The van der Waals surface area contributed by atoms with E-state index in [0.29, 0.717) is 12.1 Å². The van der Waals surface area contributed by atoms with Gasteiger partial charge in [0.1, 0.15) is 18.0 Å². The molecule has 0 radical (unpaired) electrons. The molecule has 3 N–H and O–H groups in total. The first kappa shape index (κ1) is 16.4. The van der Waals surface area contributed by atoms with E-state index in [4.69, 9.17) is 0 Å². The molecule has 0 saturated heterocycles. The number of hydrogen-bond donors (Lipinski definition) is 3. The van der Waals surface area contributed by atoms with Gasteiger partial charge in [-0.2, -0.15) is 13.2 Å². The fraction of sp³-hybridized carbons (Fsp3) is 0.417. The molecule has 0 aliphatic heterocycles. The van der Waals surface area contributed by atoms with Crippen molar-refractivity contribution in [3.05, 3.63) is 35.1 Å². The molecule has 0 fully saturated rings. The highest BCUT2D eigenvalue weighted by molar-refractivity contribution is 5.72. The maximum absolute atomic E-state index is 13.1. The van der Waals surface area contributed by atoms with Crippen molar-refractivity contribution in [2.45, 2.75) is 25.3 Å². The van der Waals surface area contributed by atoms with Gasteiger partial charge in [0, 0.05) is 13.5 Å². The van der Waals surface area contributed by atoms with Gasteiger partial charge in [-0.1, -0.05) is 6.07 Å². The number of rotatable bonds is 4. The van der Waals surface area contributed by atoms with Crippen molar-refractivity contribution in [3.8, 4) is 0 Å². The number of halogens is 4. The second-order valence-corrected chi connectivity index (χ2v) is 4.19. The highest BCUT2D eigenvalue weighted by Gasteiger charge is 2.35. The van der Waals surface area contributed by atoms with E-state index >= 15 is 0 Å². The minimum atomic E-state index is -4.90. The highest BCUT2D eigenvalue weighted by atomic mass is 19.4. The molecule has 0 aromatic heterocycles. The number of amides is 1.